The molecule has 10 rings (SSSR count). The summed E-state index contributed by atoms with van der Waals surface area (Å²) in [6.45, 7) is 0. The van der Waals surface area contributed by atoms with E-state index >= 15 is 0 Å². The molecular weight excluding hydrogens is 593 g/mol. The number of hydrogen-bond donors (Lipinski definition) is 0. The van der Waals surface area contributed by atoms with E-state index in [9.17, 15) is 0 Å². The highest BCUT2D eigenvalue weighted by Crippen LogP contribution is 2.38. The molecule has 0 fully saturated rings. The molecule has 0 spiro atoms. The number of fused-ring (bicyclic) bond motifs is 9. The molecule has 0 unspecified atom stereocenters. The summed E-state index contributed by atoms with van der Waals surface area (Å²) in [4.78, 5) is 24.8. The maximum atomic E-state index is 5.10. The normalized spacial score (nSPS) is 12.0. The highest BCUT2D eigenvalue weighted by Gasteiger charge is 2.20. The van der Waals surface area contributed by atoms with Crippen LogP contribution in [0.25, 0.3) is 91.1 Å². The van der Waals surface area contributed by atoms with Gasteiger partial charge in [-0.3, -0.25) is 0 Å². The van der Waals surface area contributed by atoms with Crippen LogP contribution in [-0.4, -0.2) is 29.5 Å². The minimum absolute atomic E-state index is 0.486. The first-order chi connectivity index (χ1) is 22.3. The quantitative estimate of drug-likeness (QED) is 0.199. The van der Waals surface area contributed by atoms with Crippen LogP contribution < -0.4 is 0 Å². The SMILES string of the molecule is c1ccc2c(c1)sc1cc(-c3nc(-c4ccc5c(c4)sc4ccccc45)nc(-n4c5ncccc5c5cccnc54)n3)ccc12. The fourth-order valence-corrected chi connectivity index (χ4v) is 8.60. The van der Waals surface area contributed by atoms with Gasteiger partial charge in [0.05, 0.1) is 0 Å². The van der Waals surface area contributed by atoms with Crippen molar-refractivity contribution in [2.24, 2.45) is 0 Å². The zero-order chi connectivity index (χ0) is 29.5. The van der Waals surface area contributed by atoms with E-state index in [0.29, 0.717) is 17.6 Å². The predicted molar refractivity (Wildman–Crippen MR) is 186 cm³/mol. The lowest BCUT2D eigenvalue weighted by molar-refractivity contribution is 0.935. The number of rotatable bonds is 3. The molecule has 0 aliphatic carbocycles. The average molecular weight is 613 g/mol. The molecule has 210 valence electrons. The van der Waals surface area contributed by atoms with Crippen LogP contribution in [0.4, 0.5) is 0 Å². The second kappa shape index (κ2) is 9.46. The summed E-state index contributed by atoms with van der Waals surface area (Å²) < 4.78 is 6.88. The van der Waals surface area contributed by atoms with Crippen LogP contribution in [0.2, 0.25) is 0 Å². The second-order valence-electron chi connectivity index (χ2n) is 11.0. The van der Waals surface area contributed by atoms with Crippen molar-refractivity contribution in [1.29, 1.82) is 0 Å². The van der Waals surface area contributed by atoms with Crippen molar-refractivity contribution in [2.45, 2.75) is 0 Å². The van der Waals surface area contributed by atoms with E-state index in [1.165, 1.54) is 40.3 Å². The average Bonchev–Trinajstić information content (AvgIpc) is 3.77. The Morgan fingerprint density at radius 2 is 0.889 bits per heavy atom. The first-order valence-electron chi connectivity index (χ1n) is 14.6. The number of pyridine rings is 2. The van der Waals surface area contributed by atoms with Gasteiger partial charge in [0.1, 0.15) is 11.3 Å². The summed E-state index contributed by atoms with van der Waals surface area (Å²) in [5.74, 6) is 1.69. The van der Waals surface area contributed by atoms with Crippen LogP contribution >= 0.6 is 22.7 Å². The Balaban J connectivity index is 1.24. The molecule has 0 saturated heterocycles. The second-order valence-corrected chi connectivity index (χ2v) is 13.2. The fourth-order valence-electron chi connectivity index (χ4n) is 6.31. The zero-order valence-electron chi connectivity index (χ0n) is 23.5. The Bertz CT molecular complexity index is 2610. The molecule has 0 atom stereocenters. The number of aromatic nitrogens is 6. The largest absolute Gasteiger partial charge is 0.245 e. The summed E-state index contributed by atoms with van der Waals surface area (Å²) in [5.41, 5.74) is 3.38. The Morgan fingerprint density at radius 1 is 0.422 bits per heavy atom. The molecule has 4 aromatic carbocycles. The van der Waals surface area contributed by atoms with Crippen LogP contribution in [0, 0.1) is 0 Å². The molecule has 10 aromatic rings. The van der Waals surface area contributed by atoms with Crippen LogP contribution in [0.15, 0.2) is 122 Å². The fraction of sp³-hybridized carbons (Fsp3) is 0. The van der Waals surface area contributed by atoms with Gasteiger partial charge in [0.15, 0.2) is 11.6 Å². The maximum absolute atomic E-state index is 5.10. The number of benzene rings is 4. The zero-order valence-corrected chi connectivity index (χ0v) is 25.2. The van der Waals surface area contributed by atoms with Crippen molar-refractivity contribution in [2.75, 3.05) is 0 Å². The smallest absolute Gasteiger partial charge is 0.241 e. The van der Waals surface area contributed by atoms with E-state index < -0.39 is 0 Å². The van der Waals surface area contributed by atoms with E-state index in [4.69, 9.17) is 24.9 Å². The molecule has 0 bridgehead atoms. The Labute approximate surface area is 263 Å². The van der Waals surface area contributed by atoms with Crippen molar-refractivity contribution in [3.8, 4) is 28.7 Å². The van der Waals surface area contributed by atoms with Gasteiger partial charge in [-0.2, -0.15) is 9.97 Å². The molecule has 8 heteroatoms. The summed E-state index contributed by atoms with van der Waals surface area (Å²) in [7, 11) is 0. The van der Waals surface area contributed by atoms with Crippen LogP contribution in [0.3, 0.4) is 0 Å². The van der Waals surface area contributed by atoms with E-state index in [0.717, 1.165) is 33.2 Å². The standard InChI is InChI=1S/C37H20N6S2/c1-3-11-29-23(7-1)25-15-13-21(19-31(25)44-29)33-40-34(22-14-16-26-24-8-2-4-12-30(24)45-32(26)20-22)42-37(41-33)43-35-27(9-5-17-38-35)28-10-6-18-39-36(28)43/h1-20H. The van der Waals surface area contributed by atoms with Gasteiger partial charge in [0.2, 0.25) is 5.95 Å². The Kier molecular flexibility index (Phi) is 5.22. The highest BCUT2D eigenvalue weighted by molar-refractivity contribution is 7.26. The van der Waals surface area contributed by atoms with Crippen LogP contribution in [-0.2, 0) is 0 Å². The Hall–Kier alpha value is -5.57. The van der Waals surface area contributed by atoms with Crippen molar-refractivity contribution < 1.29 is 0 Å². The molecular formula is C37H20N6S2. The van der Waals surface area contributed by atoms with Crippen molar-refractivity contribution >= 4 is 85.1 Å². The third kappa shape index (κ3) is 3.76. The topological polar surface area (TPSA) is 69.4 Å². The first-order valence-corrected chi connectivity index (χ1v) is 16.2. The summed E-state index contributed by atoms with van der Waals surface area (Å²) in [6.07, 6.45) is 3.59. The molecule has 6 nitrogen and oxygen atoms in total. The third-order valence-electron chi connectivity index (χ3n) is 8.38. The molecule has 0 radical (unpaired) electrons. The van der Waals surface area contributed by atoms with Gasteiger partial charge < -0.3 is 0 Å². The van der Waals surface area contributed by atoms with Gasteiger partial charge in [-0.15, -0.1) is 22.7 Å². The molecule has 0 aliphatic rings. The number of thiophene rings is 2. The number of hydrogen-bond acceptors (Lipinski definition) is 7. The van der Waals surface area contributed by atoms with Crippen LogP contribution in [0.5, 0.6) is 0 Å². The first kappa shape index (κ1) is 24.8. The van der Waals surface area contributed by atoms with E-state index in [1.807, 2.05) is 16.7 Å². The van der Waals surface area contributed by atoms with E-state index in [1.54, 1.807) is 35.1 Å². The summed E-state index contributed by atoms with van der Waals surface area (Å²) in [6, 6.07) is 38.1. The van der Waals surface area contributed by atoms with Gasteiger partial charge in [0, 0.05) is 74.6 Å². The van der Waals surface area contributed by atoms with Gasteiger partial charge in [0.25, 0.3) is 0 Å². The highest BCUT2D eigenvalue weighted by atomic mass is 32.1. The summed E-state index contributed by atoms with van der Waals surface area (Å²) in [5, 5.41) is 7.00. The van der Waals surface area contributed by atoms with Crippen molar-refractivity contribution in [1.82, 2.24) is 29.5 Å². The Morgan fingerprint density at radius 3 is 1.42 bits per heavy atom. The molecule has 0 amide bonds. The minimum atomic E-state index is 0.486. The lowest BCUT2D eigenvalue weighted by Crippen LogP contribution is -2.07. The van der Waals surface area contributed by atoms with Gasteiger partial charge in [-0.1, -0.05) is 60.7 Å². The summed E-state index contributed by atoms with van der Waals surface area (Å²) >= 11 is 3.57. The lowest BCUT2D eigenvalue weighted by Gasteiger charge is -2.10. The van der Waals surface area contributed by atoms with Gasteiger partial charge in [-0.05, 0) is 48.5 Å². The molecule has 0 aliphatic heterocycles. The van der Waals surface area contributed by atoms with E-state index in [2.05, 4.69) is 97.1 Å². The third-order valence-corrected chi connectivity index (χ3v) is 10.7. The molecule has 0 saturated carbocycles. The van der Waals surface area contributed by atoms with Crippen molar-refractivity contribution in [3.05, 3.63) is 122 Å². The maximum Gasteiger partial charge on any atom is 0.241 e. The van der Waals surface area contributed by atoms with Crippen molar-refractivity contribution in [3.63, 3.8) is 0 Å². The molecule has 6 aromatic heterocycles. The lowest BCUT2D eigenvalue weighted by atomic mass is 10.1. The van der Waals surface area contributed by atoms with E-state index in [-0.39, 0.29) is 0 Å². The number of nitrogens with zero attached hydrogens (tertiary/aromatic N) is 6. The van der Waals surface area contributed by atoms with Gasteiger partial charge >= 0.3 is 0 Å². The minimum Gasteiger partial charge on any atom is -0.245 e. The molecule has 45 heavy (non-hydrogen) atoms. The van der Waals surface area contributed by atoms with Crippen LogP contribution in [0.1, 0.15) is 0 Å². The predicted octanol–water partition coefficient (Wildman–Crippen LogP) is 9.83. The molecule has 6 heterocycles. The van der Waals surface area contributed by atoms with Gasteiger partial charge in [-0.25, -0.2) is 19.5 Å². The molecule has 0 N–H and O–H groups in total. The monoisotopic (exact) mass is 612 g/mol.